The molecule has 0 aliphatic carbocycles. The number of unbranched alkanes of at least 4 members (excludes halogenated alkanes) is 1. The van der Waals surface area contributed by atoms with E-state index < -0.39 is 16.1 Å². The number of aryl methyl sites for hydroxylation is 2. The number of benzene rings is 2. The van der Waals surface area contributed by atoms with Crippen LogP contribution in [0.3, 0.4) is 0 Å². The molecule has 6 nitrogen and oxygen atoms in total. The Labute approximate surface area is 160 Å². The molecule has 2 aromatic carbocycles. The van der Waals surface area contributed by atoms with E-state index >= 15 is 0 Å². The minimum atomic E-state index is -3.67. The first-order valence-electron chi connectivity index (χ1n) is 8.86. The highest BCUT2D eigenvalue weighted by Crippen LogP contribution is 2.39. The molecule has 0 aliphatic heterocycles. The number of sulfone groups is 1. The lowest BCUT2D eigenvalue weighted by atomic mass is 10.1. The topological polar surface area (TPSA) is 95.9 Å². The Morgan fingerprint density at radius 1 is 1.07 bits per heavy atom. The number of nitrogens with one attached hydrogen (secondary N) is 1. The van der Waals surface area contributed by atoms with Gasteiger partial charge in [0.1, 0.15) is 10.6 Å². The number of aliphatic hydroxyl groups excluding tert-OH is 1. The van der Waals surface area contributed by atoms with Crippen molar-refractivity contribution in [3.63, 3.8) is 0 Å². The summed E-state index contributed by atoms with van der Waals surface area (Å²) in [6, 6.07) is 8.39. The maximum absolute atomic E-state index is 12.4. The van der Waals surface area contributed by atoms with Crippen LogP contribution in [-0.2, 0) is 9.84 Å². The molecule has 3 N–H and O–H groups in total. The third kappa shape index (κ3) is 5.69. The zero-order chi connectivity index (χ0) is 20.2. The Morgan fingerprint density at radius 2 is 1.70 bits per heavy atom. The fourth-order valence-corrected chi connectivity index (χ4v) is 3.63. The second-order valence-electron chi connectivity index (χ2n) is 6.75. The van der Waals surface area contributed by atoms with Gasteiger partial charge in [-0.2, -0.15) is 0 Å². The molecule has 0 atom stereocenters. The van der Waals surface area contributed by atoms with E-state index in [-0.39, 0.29) is 16.2 Å². The van der Waals surface area contributed by atoms with Gasteiger partial charge in [0, 0.05) is 18.4 Å². The summed E-state index contributed by atoms with van der Waals surface area (Å²) in [4.78, 5) is -0.0914. The maximum atomic E-state index is 12.4. The first kappa shape index (κ1) is 21.2. The molecule has 0 aromatic heterocycles. The molecule has 0 amide bonds. The number of hydrogen-bond acceptors (Lipinski definition) is 6. The molecule has 2 aromatic rings. The molecule has 7 heteroatoms. The summed E-state index contributed by atoms with van der Waals surface area (Å²) in [6.45, 7) is 6.52. The number of hydrogen-bond donors (Lipinski definition) is 3. The van der Waals surface area contributed by atoms with Gasteiger partial charge >= 0.3 is 0 Å². The van der Waals surface area contributed by atoms with Crippen LogP contribution in [0.2, 0.25) is 0 Å². The fraction of sp³-hybridized carbons (Fsp3) is 0.400. The van der Waals surface area contributed by atoms with Crippen molar-refractivity contribution in [3.8, 4) is 11.5 Å². The van der Waals surface area contributed by atoms with Crippen LogP contribution in [-0.4, -0.2) is 31.4 Å². The summed E-state index contributed by atoms with van der Waals surface area (Å²) in [7, 11) is -3.67. The highest BCUT2D eigenvalue weighted by atomic mass is 32.2. The van der Waals surface area contributed by atoms with Gasteiger partial charge in [0.25, 0.3) is 0 Å². The molecule has 0 saturated heterocycles. The van der Waals surface area contributed by atoms with E-state index in [4.69, 9.17) is 4.74 Å². The second kappa shape index (κ2) is 8.73. The van der Waals surface area contributed by atoms with Crippen LogP contribution in [0.15, 0.2) is 35.2 Å². The van der Waals surface area contributed by atoms with Gasteiger partial charge < -0.3 is 20.3 Å². The van der Waals surface area contributed by atoms with Gasteiger partial charge in [-0.1, -0.05) is 19.4 Å². The molecule has 0 fully saturated rings. The lowest BCUT2D eigenvalue weighted by molar-refractivity contribution is -0.0426. The molecule has 0 unspecified atom stereocenters. The van der Waals surface area contributed by atoms with E-state index in [1.165, 1.54) is 12.1 Å². The molecule has 27 heavy (non-hydrogen) atoms. The van der Waals surface area contributed by atoms with Crippen LogP contribution in [0, 0.1) is 13.8 Å². The van der Waals surface area contributed by atoms with E-state index in [1.54, 1.807) is 0 Å². The molecule has 0 spiro atoms. The van der Waals surface area contributed by atoms with Gasteiger partial charge in [0.05, 0.1) is 5.69 Å². The van der Waals surface area contributed by atoms with Crippen molar-refractivity contribution in [3.05, 3.63) is 47.0 Å². The predicted octanol–water partition coefficient (Wildman–Crippen LogP) is 3.69. The summed E-state index contributed by atoms with van der Waals surface area (Å²) in [6.07, 6.45) is 1.12. The Hall–Kier alpha value is -2.09. The van der Waals surface area contributed by atoms with E-state index in [0.717, 1.165) is 30.2 Å². The Kier molecular flexibility index (Phi) is 6.86. The van der Waals surface area contributed by atoms with Crippen LogP contribution in [0.25, 0.3) is 0 Å². The molecule has 0 aliphatic rings. The zero-order valence-electron chi connectivity index (χ0n) is 16.1. The van der Waals surface area contributed by atoms with E-state index in [0.29, 0.717) is 18.0 Å². The second-order valence-corrected chi connectivity index (χ2v) is 8.73. The third-order valence-electron chi connectivity index (χ3n) is 4.04. The molecule has 0 radical (unpaired) electrons. The molecule has 0 saturated carbocycles. The Morgan fingerprint density at radius 3 is 2.22 bits per heavy atom. The van der Waals surface area contributed by atoms with Crippen LogP contribution in [0.5, 0.6) is 11.5 Å². The summed E-state index contributed by atoms with van der Waals surface area (Å²) >= 11 is 0. The van der Waals surface area contributed by atoms with Crippen molar-refractivity contribution in [2.24, 2.45) is 0 Å². The lowest BCUT2D eigenvalue weighted by Crippen LogP contribution is -2.09. The SMILES string of the molecule is CCCCNc1cc(C(O)O)cc(S(C)(=O)=O)c1Oc1cc(C)cc(C)c1. The Bertz CT molecular complexity index is 887. The summed E-state index contributed by atoms with van der Waals surface area (Å²) in [5, 5.41) is 22.3. The monoisotopic (exact) mass is 393 g/mol. The van der Waals surface area contributed by atoms with Gasteiger partial charge in [-0.3, -0.25) is 0 Å². The van der Waals surface area contributed by atoms with Crippen LogP contribution in [0.4, 0.5) is 5.69 Å². The van der Waals surface area contributed by atoms with Gasteiger partial charge in [-0.05, 0) is 55.7 Å². The molecule has 148 valence electrons. The minimum absolute atomic E-state index is 0.0854. The summed E-state index contributed by atoms with van der Waals surface area (Å²) in [5.41, 5.74) is 2.48. The number of rotatable bonds is 8. The predicted molar refractivity (Wildman–Crippen MR) is 106 cm³/mol. The van der Waals surface area contributed by atoms with E-state index in [2.05, 4.69) is 5.32 Å². The van der Waals surface area contributed by atoms with Crippen molar-refractivity contribution < 1.29 is 23.4 Å². The highest BCUT2D eigenvalue weighted by molar-refractivity contribution is 7.90. The first-order valence-corrected chi connectivity index (χ1v) is 10.7. The van der Waals surface area contributed by atoms with Gasteiger partial charge in [0.15, 0.2) is 21.9 Å². The number of ether oxygens (including phenoxy) is 1. The molecule has 0 heterocycles. The Balaban J connectivity index is 2.62. The smallest absolute Gasteiger partial charge is 0.179 e. The normalized spacial score (nSPS) is 11.7. The molecular formula is C20H27NO5S. The summed E-state index contributed by atoms with van der Waals surface area (Å²) < 4.78 is 30.7. The van der Waals surface area contributed by atoms with Gasteiger partial charge in [-0.25, -0.2) is 8.42 Å². The largest absolute Gasteiger partial charge is 0.454 e. The number of anilines is 1. The summed E-state index contributed by atoms with van der Waals surface area (Å²) in [5.74, 6) is 0.677. The van der Waals surface area contributed by atoms with Crippen molar-refractivity contribution in [2.45, 2.75) is 44.8 Å². The van der Waals surface area contributed by atoms with Gasteiger partial charge in [0.2, 0.25) is 0 Å². The first-order chi connectivity index (χ1) is 12.6. The van der Waals surface area contributed by atoms with Crippen molar-refractivity contribution in [1.29, 1.82) is 0 Å². The van der Waals surface area contributed by atoms with Crippen LogP contribution < -0.4 is 10.1 Å². The highest BCUT2D eigenvalue weighted by Gasteiger charge is 2.22. The molecular weight excluding hydrogens is 366 g/mol. The van der Waals surface area contributed by atoms with Crippen molar-refractivity contribution in [2.75, 3.05) is 18.1 Å². The number of aliphatic hydroxyl groups is 2. The average molecular weight is 394 g/mol. The van der Waals surface area contributed by atoms with Crippen molar-refractivity contribution >= 4 is 15.5 Å². The molecule has 2 rings (SSSR count). The van der Waals surface area contributed by atoms with Crippen molar-refractivity contribution in [1.82, 2.24) is 0 Å². The molecule has 0 bridgehead atoms. The standard InChI is InChI=1S/C20H27NO5S/c1-5-6-7-21-17-11-15(20(22)23)12-18(27(4,24)25)19(17)26-16-9-13(2)8-14(3)10-16/h8-12,20-23H,5-7H2,1-4H3. The third-order valence-corrected chi connectivity index (χ3v) is 5.14. The van der Waals surface area contributed by atoms with Gasteiger partial charge in [-0.15, -0.1) is 0 Å². The lowest BCUT2D eigenvalue weighted by Gasteiger charge is -2.19. The van der Waals surface area contributed by atoms with E-state index in [9.17, 15) is 18.6 Å². The average Bonchev–Trinajstić information content (AvgIpc) is 2.54. The van der Waals surface area contributed by atoms with Crippen LogP contribution in [0.1, 0.15) is 42.7 Å². The van der Waals surface area contributed by atoms with Crippen LogP contribution >= 0.6 is 0 Å². The zero-order valence-corrected chi connectivity index (χ0v) is 16.9. The van der Waals surface area contributed by atoms with E-state index in [1.807, 2.05) is 39.0 Å². The minimum Gasteiger partial charge on any atom is -0.454 e. The maximum Gasteiger partial charge on any atom is 0.179 e. The fourth-order valence-electron chi connectivity index (χ4n) is 2.79. The quantitative estimate of drug-likeness (QED) is 0.468.